The first-order chi connectivity index (χ1) is 8.06. The quantitative estimate of drug-likeness (QED) is 0.844. The van der Waals surface area contributed by atoms with Crippen LogP contribution in [0.15, 0.2) is 18.2 Å². The minimum Gasteiger partial charge on any atom is -0.491 e. The number of ether oxygens (including phenoxy) is 1. The first-order valence-electron chi connectivity index (χ1n) is 5.01. The number of rotatable bonds is 2. The zero-order chi connectivity index (χ0) is 12.4. The van der Waals surface area contributed by atoms with Crippen molar-refractivity contribution in [3.05, 3.63) is 23.2 Å². The number of carboxylic acid groups (broad SMARTS) is 1. The van der Waals surface area contributed by atoms with Gasteiger partial charge in [-0.25, -0.2) is 0 Å². The van der Waals surface area contributed by atoms with Crippen molar-refractivity contribution in [1.82, 2.24) is 0 Å². The van der Waals surface area contributed by atoms with Crippen LogP contribution in [0, 0.1) is 5.92 Å². The lowest BCUT2D eigenvalue weighted by molar-refractivity contribution is -0.140. The van der Waals surface area contributed by atoms with Gasteiger partial charge in [-0.2, -0.15) is 0 Å². The zero-order valence-corrected chi connectivity index (χ0v) is 9.53. The number of benzene rings is 1. The summed E-state index contributed by atoms with van der Waals surface area (Å²) in [6.07, 6.45) is -0.256. The van der Waals surface area contributed by atoms with Gasteiger partial charge in [-0.1, -0.05) is 11.6 Å². The number of hydrogen-bond donors (Lipinski definition) is 2. The van der Waals surface area contributed by atoms with Crippen molar-refractivity contribution in [2.75, 3.05) is 11.9 Å². The summed E-state index contributed by atoms with van der Waals surface area (Å²) in [5.41, 5.74) is 0.468. The van der Waals surface area contributed by atoms with Crippen molar-refractivity contribution in [2.45, 2.75) is 6.42 Å². The number of anilines is 1. The molecule has 0 fully saturated rings. The monoisotopic (exact) mass is 255 g/mol. The van der Waals surface area contributed by atoms with E-state index in [1.165, 1.54) is 0 Å². The Bertz CT molecular complexity index is 475. The molecule has 6 heteroatoms. The molecule has 1 aromatic carbocycles. The second kappa shape index (κ2) is 4.63. The van der Waals surface area contributed by atoms with Crippen LogP contribution in [-0.4, -0.2) is 23.6 Å². The van der Waals surface area contributed by atoms with E-state index in [2.05, 4.69) is 5.32 Å². The van der Waals surface area contributed by atoms with Crippen LogP contribution < -0.4 is 10.1 Å². The van der Waals surface area contributed by atoms with Gasteiger partial charge >= 0.3 is 5.97 Å². The van der Waals surface area contributed by atoms with E-state index in [4.69, 9.17) is 21.4 Å². The van der Waals surface area contributed by atoms with Crippen molar-refractivity contribution in [3.63, 3.8) is 0 Å². The molecule has 1 aliphatic heterocycles. The smallest absolute Gasteiger partial charge is 0.304 e. The SMILES string of the molecule is O=C(O)CC1COc2ccc(Cl)cc2NC1=O. The molecule has 0 aliphatic carbocycles. The molecule has 1 amide bonds. The molecule has 0 saturated heterocycles. The zero-order valence-electron chi connectivity index (χ0n) is 8.77. The number of nitrogens with one attached hydrogen (secondary N) is 1. The third kappa shape index (κ3) is 2.68. The van der Waals surface area contributed by atoms with Crippen LogP contribution in [0.2, 0.25) is 5.02 Å². The number of aliphatic carboxylic acids is 1. The summed E-state index contributed by atoms with van der Waals surface area (Å²) >= 11 is 5.80. The second-order valence-corrected chi connectivity index (χ2v) is 4.17. The molecule has 1 aromatic rings. The maximum Gasteiger partial charge on any atom is 0.304 e. The molecule has 90 valence electrons. The maximum absolute atomic E-state index is 11.7. The molecule has 0 radical (unpaired) electrons. The van der Waals surface area contributed by atoms with Crippen LogP contribution >= 0.6 is 11.6 Å². The predicted octanol–water partition coefficient (Wildman–Crippen LogP) is 1.76. The molecule has 1 aliphatic rings. The van der Waals surface area contributed by atoms with Crippen LogP contribution in [0.1, 0.15) is 6.42 Å². The van der Waals surface area contributed by atoms with Crippen LogP contribution in [-0.2, 0) is 9.59 Å². The topological polar surface area (TPSA) is 75.6 Å². The fourth-order valence-electron chi connectivity index (χ4n) is 1.59. The van der Waals surface area contributed by atoms with Crippen molar-refractivity contribution in [2.24, 2.45) is 5.92 Å². The summed E-state index contributed by atoms with van der Waals surface area (Å²) in [4.78, 5) is 22.3. The summed E-state index contributed by atoms with van der Waals surface area (Å²) in [6, 6.07) is 4.85. The van der Waals surface area contributed by atoms with Gasteiger partial charge in [0, 0.05) is 5.02 Å². The fraction of sp³-hybridized carbons (Fsp3) is 0.273. The van der Waals surface area contributed by atoms with E-state index in [9.17, 15) is 9.59 Å². The van der Waals surface area contributed by atoms with Gasteiger partial charge < -0.3 is 15.2 Å². The van der Waals surface area contributed by atoms with Gasteiger partial charge in [-0.15, -0.1) is 0 Å². The summed E-state index contributed by atoms with van der Waals surface area (Å²) in [5, 5.41) is 11.8. The number of carbonyl (C=O) groups excluding carboxylic acids is 1. The molecule has 1 heterocycles. The number of carbonyl (C=O) groups is 2. The third-order valence-corrected chi connectivity index (χ3v) is 2.67. The van der Waals surface area contributed by atoms with Gasteiger partial charge in [0.15, 0.2) is 0 Å². The fourth-order valence-corrected chi connectivity index (χ4v) is 1.76. The molecule has 0 aromatic heterocycles. The molecule has 1 unspecified atom stereocenters. The molecule has 0 spiro atoms. The van der Waals surface area contributed by atoms with E-state index in [-0.39, 0.29) is 18.9 Å². The third-order valence-electron chi connectivity index (χ3n) is 2.43. The number of amides is 1. The lowest BCUT2D eigenvalue weighted by atomic mass is 10.1. The molecule has 0 bridgehead atoms. The minimum atomic E-state index is -1.03. The van der Waals surface area contributed by atoms with Crippen LogP contribution in [0.25, 0.3) is 0 Å². The predicted molar refractivity (Wildman–Crippen MR) is 61.3 cm³/mol. The van der Waals surface area contributed by atoms with Crippen molar-refractivity contribution in [1.29, 1.82) is 0 Å². The lowest BCUT2D eigenvalue weighted by Gasteiger charge is -2.09. The molecular formula is C11H10ClNO4. The molecular weight excluding hydrogens is 246 g/mol. The van der Waals surface area contributed by atoms with Crippen molar-refractivity contribution >= 4 is 29.2 Å². The summed E-state index contributed by atoms with van der Waals surface area (Å²) in [7, 11) is 0. The Balaban J connectivity index is 2.22. The molecule has 0 saturated carbocycles. The van der Waals surface area contributed by atoms with Crippen LogP contribution in [0.4, 0.5) is 5.69 Å². The summed E-state index contributed by atoms with van der Waals surface area (Å²) in [5.74, 6) is -1.60. The highest BCUT2D eigenvalue weighted by atomic mass is 35.5. The van der Waals surface area contributed by atoms with Gasteiger partial charge in [0.05, 0.1) is 18.0 Å². The van der Waals surface area contributed by atoms with Crippen molar-refractivity contribution in [3.8, 4) is 5.75 Å². The first-order valence-corrected chi connectivity index (χ1v) is 5.39. The van der Waals surface area contributed by atoms with E-state index in [1.54, 1.807) is 18.2 Å². The minimum absolute atomic E-state index is 0.0484. The summed E-state index contributed by atoms with van der Waals surface area (Å²) < 4.78 is 5.38. The molecule has 2 rings (SSSR count). The molecule has 1 atom stereocenters. The van der Waals surface area contributed by atoms with Gasteiger partial charge in [0.25, 0.3) is 0 Å². The largest absolute Gasteiger partial charge is 0.491 e. The Hall–Kier alpha value is -1.75. The normalized spacial score (nSPS) is 18.6. The van der Waals surface area contributed by atoms with E-state index >= 15 is 0 Å². The lowest BCUT2D eigenvalue weighted by Crippen LogP contribution is -2.27. The van der Waals surface area contributed by atoms with Gasteiger partial charge in [-0.3, -0.25) is 9.59 Å². The van der Waals surface area contributed by atoms with E-state index in [1.807, 2.05) is 0 Å². The van der Waals surface area contributed by atoms with Crippen molar-refractivity contribution < 1.29 is 19.4 Å². The van der Waals surface area contributed by atoms with E-state index in [0.717, 1.165) is 0 Å². The maximum atomic E-state index is 11.7. The first kappa shape index (κ1) is 11.7. The van der Waals surface area contributed by atoms with Crippen LogP contribution in [0.3, 0.4) is 0 Å². The molecule has 5 nitrogen and oxygen atoms in total. The Morgan fingerprint density at radius 3 is 3.06 bits per heavy atom. The molecule has 17 heavy (non-hydrogen) atoms. The Labute approximate surface area is 102 Å². The van der Waals surface area contributed by atoms with Crippen LogP contribution in [0.5, 0.6) is 5.75 Å². The number of halogens is 1. The highest BCUT2D eigenvalue weighted by Gasteiger charge is 2.26. The van der Waals surface area contributed by atoms with E-state index < -0.39 is 11.9 Å². The number of hydrogen-bond acceptors (Lipinski definition) is 3. The van der Waals surface area contributed by atoms with Gasteiger partial charge in [0.2, 0.25) is 5.91 Å². The summed E-state index contributed by atoms with van der Waals surface area (Å²) in [6.45, 7) is 0.0484. The average Bonchev–Trinajstić information content (AvgIpc) is 2.38. The van der Waals surface area contributed by atoms with Gasteiger partial charge in [0.1, 0.15) is 12.4 Å². The van der Waals surface area contributed by atoms with E-state index in [0.29, 0.717) is 16.5 Å². The Kier molecular flexibility index (Phi) is 3.19. The highest BCUT2D eigenvalue weighted by molar-refractivity contribution is 6.31. The van der Waals surface area contributed by atoms with Gasteiger partial charge in [-0.05, 0) is 18.2 Å². The standard InChI is InChI=1S/C11H10ClNO4/c12-7-1-2-9-8(4-7)13-11(16)6(5-17-9)3-10(14)15/h1-2,4,6H,3,5H2,(H,13,16)(H,14,15). The Morgan fingerprint density at radius 2 is 2.35 bits per heavy atom. The molecule has 2 N–H and O–H groups in total. The number of carboxylic acids is 1. The highest BCUT2D eigenvalue weighted by Crippen LogP contribution is 2.31. The average molecular weight is 256 g/mol. The second-order valence-electron chi connectivity index (χ2n) is 3.74. The Morgan fingerprint density at radius 1 is 1.59 bits per heavy atom. The number of fused-ring (bicyclic) bond motifs is 1.